The van der Waals surface area contributed by atoms with Gasteiger partial charge in [0.05, 0.1) is 6.42 Å². The Morgan fingerprint density at radius 2 is 1.89 bits per heavy atom. The van der Waals surface area contributed by atoms with Crippen LogP contribution in [0.3, 0.4) is 0 Å². The number of benzene rings is 1. The van der Waals surface area contributed by atoms with Gasteiger partial charge in [-0.2, -0.15) is 0 Å². The summed E-state index contributed by atoms with van der Waals surface area (Å²) >= 11 is 3.37. The number of nitrogens with one attached hydrogen (secondary N) is 1. The van der Waals surface area contributed by atoms with Crippen molar-refractivity contribution in [3.05, 3.63) is 57.7 Å². The fourth-order valence-corrected chi connectivity index (χ4v) is 2.14. The van der Waals surface area contributed by atoms with Crippen LogP contribution in [-0.4, -0.2) is 10.9 Å². The molecule has 0 radical (unpaired) electrons. The largest absolute Gasteiger partial charge is 0.310 e. The Bertz CT molecular complexity index is 573. The average molecular weight is 319 g/mol. The molecule has 0 aliphatic rings. The average Bonchev–Trinajstić information content (AvgIpc) is 2.30. The van der Waals surface area contributed by atoms with Crippen molar-refractivity contribution in [2.45, 2.75) is 20.3 Å². The third-order valence-electron chi connectivity index (χ3n) is 2.64. The highest BCUT2D eigenvalue weighted by molar-refractivity contribution is 9.10. The molecule has 3 nitrogen and oxygen atoms in total. The maximum atomic E-state index is 11.9. The summed E-state index contributed by atoms with van der Waals surface area (Å²) in [4.78, 5) is 16.2. The Labute approximate surface area is 121 Å². The lowest BCUT2D eigenvalue weighted by Crippen LogP contribution is -2.15. The first-order chi connectivity index (χ1) is 9.02. The number of rotatable bonds is 3. The number of hydrogen-bond donors (Lipinski definition) is 1. The summed E-state index contributed by atoms with van der Waals surface area (Å²) in [5, 5.41) is 2.82. The van der Waals surface area contributed by atoms with E-state index >= 15 is 0 Å². The van der Waals surface area contributed by atoms with Gasteiger partial charge in [-0.15, -0.1) is 0 Å². The van der Waals surface area contributed by atoms with Crippen LogP contribution in [0, 0.1) is 13.8 Å². The summed E-state index contributed by atoms with van der Waals surface area (Å²) in [7, 11) is 0. The van der Waals surface area contributed by atoms with Crippen LogP contribution in [0.25, 0.3) is 0 Å². The summed E-state index contributed by atoms with van der Waals surface area (Å²) in [6.07, 6.45) is 0.349. The van der Waals surface area contributed by atoms with E-state index in [1.54, 1.807) is 0 Å². The van der Waals surface area contributed by atoms with Crippen molar-refractivity contribution in [3.63, 3.8) is 0 Å². The molecule has 1 heterocycles. The van der Waals surface area contributed by atoms with Gasteiger partial charge in [0.1, 0.15) is 5.82 Å². The molecular weight excluding hydrogens is 304 g/mol. The highest BCUT2D eigenvalue weighted by atomic mass is 79.9. The minimum absolute atomic E-state index is 0.0557. The number of carbonyl (C=O) groups is 1. The topological polar surface area (TPSA) is 42.0 Å². The lowest BCUT2D eigenvalue weighted by Gasteiger charge is -2.06. The highest BCUT2D eigenvalue weighted by Crippen LogP contribution is 2.12. The summed E-state index contributed by atoms with van der Waals surface area (Å²) in [5.41, 5.74) is 2.97. The Morgan fingerprint density at radius 1 is 1.21 bits per heavy atom. The van der Waals surface area contributed by atoms with Crippen molar-refractivity contribution in [1.82, 2.24) is 4.98 Å². The molecule has 0 saturated carbocycles. The summed E-state index contributed by atoms with van der Waals surface area (Å²) < 4.78 is 1.01. The number of anilines is 1. The molecule has 98 valence electrons. The Balaban J connectivity index is 2.03. The maximum absolute atomic E-state index is 11.9. The van der Waals surface area contributed by atoms with Gasteiger partial charge in [0.15, 0.2) is 0 Å². The predicted octanol–water partition coefficient (Wildman–Crippen LogP) is 3.64. The van der Waals surface area contributed by atoms with E-state index in [4.69, 9.17) is 0 Å². The summed E-state index contributed by atoms with van der Waals surface area (Å²) in [5.74, 6) is 0.555. The number of pyridine rings is 1. The van der Waals surface area contributed by atoms with E-state index in [-0.39, 0.29) is 5.91 Å². The quantitative estimate of drug-likeness (QED) is 0.938. The summed E-state index contributed by atoms with van der Waals surface area (Å²) in [6, 6.07) is 11.6. The molecule has 0 spiro atoms. The molecule has 0 aliphatic heterocycles. The van der Waals surface area contributed by atoms with Crippen LogP contribution in [0.2, 0.25) is 0 Å². The first kappa shape index (κ1) is 13.7. The van der Waals surface area contributed by atoms with E-state index in [1.807, 2.05) is 50.2 Å². The smallest absolute Gasteiger partial charge is 0.229 e. The first-order valence-corrected chi connectivity index (χ1v) is 6.82. The van der Waals surface area contributed by atoms with Gasteiger partial charge in [-0.3, -0.25) is 4.79 Å². The van der Waals surface area contributed by atoms with Crippen molar-refractivity contribution in [2.75, 3.05) is 5.32 Å². The molecule has 0 atom stereocenters. The molecule has 0 aliphatic carbocycles. The number of aromatic nitrogens is 1. The third kappa shape index (κ3) is 4.17. The number of nitrogens with zero attached hydrogens (tertiary/aromatic N) is 1. The Hall–Kier alpha value is -1.68. The van der Waals surface area contributed by atoms with Crippen LogP contribution in [-0.2, 0) is 11.2 Å². The van der Waals surface area contributed by atoms with Gasteiger partial charge in [-0.1, -0.05) is 28.1 Å². The van der Waals surface area contributed by atoms with Crippen LogP contribution in [0.1, 0.15) is 16.8 Å². The number of carbonyl (C=O) groups excluding carboxylic acids is 1. The summed E-state index contributed by atoms with van der Waals surface area (Å²) in [6.45, 7) is 3.90. The molecule has 2 rings (SSSR count). The van der Waals surface area contributed by atoms with Crippen LogP contribution < -0.4 is 5.32 Å². The van der Waals surface area contributed by atoms with E-state index in [0.29, 0.717) is 12.2 Å². The lowest BCUT2D eigenvalue weighted by atomic mass is 10.1. The lowest BCUT2D eigenvalue weighted by molar-refractivity contribution is -0.115. The molecule has 19 heavy (non-hydrogen) atoms. The van der Waals surface area contributed by atoms with Crippen LogP contribution in [0.5, 0.6) is 0 Å². The Morgan fingerprint density at radius 3 is 2.53 bits per heavy atom. The fraction of sp³-hybridized carbons (Fsp3) is 0.200. The normalized spacial score (nSPS) is 10.3. The van der Waals surface area contributed by atoms with E-state index < -0.39 is 0 Å². The second-order valence-corrected chi connectivity index (χ2v) is 5.44. The van der Waals surface area contributed by atoms with E-state index in [0.717, 1.165) is 21.3 Å². The standard InChI is InChI=1S/C15H15BrN2O/c1-10-7-11(2)17-14(8-10)18-15(19)9-12-3-5-13(16)6-4-12/h3-8H,9H2,1-2H3,(H,17,18,19). The van der Waals surface area contributed by atoms with Crippen LogP contribution in [0.4, 0.5) is 5.82 Å². The van der Waals surface area contributed by atoms with Gasteiger partial charge < -0.3 is 5.32 Å². The van der Waals surface area contributed by atoms with E-state index in [2.05, 4.69) is 26.2 Å². The number of amides is 1. The zero-order valence-corrected chi connectivity index (χ0v) is 12.5. The zero-order valence-electron chi connectivity index (χ0n) is 10.9. The third-order valence-corrected chi connectivity index (χ3v) is 3.17. The van der Waals surface area contributed by atoms with Gasteiger partial charge in [-0.05, 0) is 49.2 Å². The van der Waals surface area contributed by atoms with Gasteiger partial charge in [-0.25, -0.2) is 4.98 Å². The van der Waals surface area contributed by atoms with Crippen LogP contribution in [0.15, 0.2) is 40.9 Å². The molecule has 0 unspecified atom stereocenters. The molecule has 4 heteroatoms. The van der Waals surface area contributed by atoms with Gasteiger partial charge in [0, 0.05) is 10.2 Å². The molecule has 1 aromatic carbocycles. The second kappa shape index (κ2) is 5.97. The highest BCUT2D eigenvalue weighted by Gasteiger charge is 2.05. The molecule has 1 N–H and O–H groups in total. The zero-order chi connectivity index (χ0) is 13.8. The van der Waals surface area contributed by atoms with Gasteiger partial charge in [0.2, 0.25) is 5.91 Å². The minimum atomic E-state index is -0.0557. The van der Waals surface area contributed by atoms with Crippen LogP contribution >= 0.6 is 15.9 Å². The van der Waals surface area contributed by atoms with Crippen molar-refractivity contribution in [1.29, 1.82) is 0 Å². The minimum Gasteiger partial charge on any atom is -0.310 e. The van der Waals surface area contributed by atoms with Gasteiger partial charge >= 0.3 is 0 Å². The Kier molecular flexibility index (Phi) is 4.32. The SMILES string of the molecule is Cc1cc(C)nc(NC(=O)Cc2ccc(Br)cc2)c1. The molecule has 0 bridgehead atoms. The van der Waals surface area contributed by atoms with Crippen molar-refractivity contribution < 1.29 is 4.79 Å². The molecule has 2 aromatic rings. The number of halogens is 1. The molecule has 0 fully saturated rings. The number of hydrogen-bond acceptors (Lipinski definition) is 2. The second-order valence-electron chi connectivity index (χ2n) is 4.52. The molecule has 1 amide bonds. The van der Waals surface area contributed by atoms with Crippen molar-refractivity contribution >= 4 is 27.7 Å². The van der Waals surface area contributed by atoms with E-state index in [1.165, 1.54) is 0 Å². The van der Waals surface area contributed by atoms with Crippen molar-refractivity contribution in [3.8, 4) is 0 Å². The molecule has 1 aromatic heterocycles. The monoisotopic (exact) mass is 318 g/mol. The predicted molar refractivity (Wildman–Crippen MR) is 80.2 cm³/mol. The van der Waals surface area contributed by atoms with Crippen molar-refractivity contribution in [2.24, 2.45) is 0 Å². The maximum Gasteiger partial charge on any atom is 0.229 e. The van der Waals surface area contributed by atoms with Gasteiger partial charge in [0.25, 0.3) is 0 Å². The number of aryl methyl sites for hydroxylation is 2. The molecular formula is C15H15BrN2O. The molecule has 0 saturated heterocycles. The first-order valence-electron chi connectivity index (χ1n) is 6.02. The van der Waals surface area contributed by atoms with E-state index in [9.17, 15) is 4.79 Å². The fourth-order valence-electron chi connectivity index (χ4n) is 1.88.